The predicted octanol–water partition coefficient (Wildman–Crippen LogP) is 4.25. The topological polar surface area (TPSA) is 71.2 Å². The molecular weight excluding hydrogens is 404 g/mol. The molecule has 162 valence electrons. The quantitative estimate of drug-likeness (QED) is 0.310. The van der Waals surface area contributed by atoms with E-state index in [4.69, 9.17) is 14.6 Å². The maximum Gasteiger partial charge on any atom is 0.189 e. The minimum Gasteiger partial charge on any atom is -0.493 e. The molecule has 2 aromatic heterocycles. The van der Waals surface area contributed by atoms with Crippen molar-refractivity contribution in [2.45, 2.75) is 6.54 Å². The molecule has 0 saturated heterocycles. The van der Waals surface area contributed by atoms with Crippen molar-refractivity contribution in [1.29, 1.82) is 0 Å². The molecule has 0 aliphatic rings. The van der Waals surface area contributed by atoms with Gasteiger partial charge in [-0.1, -0.05) is 30.3 Å². The molecule has 0 bridgehead atoms. The van der Waals surface area contributed by atoms with Gasteiger partial charge in [-0.2, -0.15) is 10.2 Å². The van der Waals surface area contributed by atoms with Crippen LogP contribution in [-0.2, 0) is 13.6 Å². The number of allylic oxidation sites excluding steroid dienone is 1. The number of benzene rings is 2. The Bertz CT molecular complexity index is 1260. The van der Waals surface area contributed by atoms with Gasteiger partial charge in [-0.05, 0) is 35.9 Å². The first-order valence-electron chi connectivity index (χ1n) is 10.1. The number of methoxy groups -OCH3 is 2. The summed E-state index contributed by atoms with van der Waals surface area (Å²) in [6.45, 7) is 0.617. The Kier molecular flexibility index (Phi) is 6.17. The standard InChI is InChI=1S/C25H24N4O3/c1-28-16-21(14-26-28)22(30)11-9-20-17-29(15-18-7-5-4-6-8-18)27-25(20)19-10-12-23(31-2)24(13-19)32-3/h4-14,16-17H,15H2,1-3H3/b11-9+. The summed E-state index contributed by atoms with van der Waals surface area (Å²) in [4.78, 5) is 12.6. The molecule has 4 aromatic rings. The first-order chi connectivity index (χ1) is 15.6. The maximum atomic E-state index is 12.6. The number of ether oxygens (including phenoxy) is 2. The zero-order chi connectivity index (χ0) is 22.5. The summed E-state index contributed by atoms with van der Waals surface area (Å²) >= 11 is 0. The second-order valence-electron chi connectivity index (χ2n) is 7.29. The van der Waals surface area contributed by atoms with E-state index in [1.165, 1.54) is 0 Å². The van der Waals surface area contributed by atoms with Gasteiger partial charge in [-0.3, -0.25) is 14.2 Å². The first-order valence-corrected chi connectivity index (χ1v) is 10.1. The average molecular weight is 428 g/mol. The van der Waals surface area contributed by atoms with E-state index in [1.54, 1.807) is 50.5 Å². The number of nitrogens with zero attached hydrogens (tertiary/aromatic N) is 4. The molecule has 0 saturated carbocycles. The SMILES string of the molecule is COc1ccc(-c2nn(Cc3ccccc3)cc2/C=C/C(=O)c2cnn(C)c2)cc1OC. The Balaban J connectivity index is 1.71. The minimum atomic E-state index is -0.118. The largest absolute Gasteiger partial charge is 0.493 e. The summed E-state index contributed by atoms with van der Waals surface area (Å²) in [5.41, 5.74) is 4.11. The summed E-state index contributed by atoms with van der Waals surface area (Å²) in [7, 11) is 4.98. The Morgan fingerprint density at radius 2 is 1.81 bits per heavy atom. The Hall–Kier alpha value is -4.13. The van der Waals surface area contributed by atoms with E-state index < -0.39 is 0 Å². The van der Waals surface area contributed by atoms with E-state index in [1.807, 2.05) is 47.3 Å². The molecular formula is C25H24N4O3. The number of ketones is 1. The molecule has 0 spiro atoms. The lowest BCUT2D eigenvalue weighted by molar-refractivity contribution is 0.104. The van der Waals surface area contributed by atoms with Crippen LogP contribution in [0.2, 0.25) is 0 Å². The lowest BCUT2D eigenvalue weighted by atomic mass is 10.1. The highest BCUT2D eigenvalue weighted by atomic mass is 16.5. The van der Waals surface area contributed by atoms with Gasteiger partial charge in [-0.15, -0.1) is 0 Å². The predicted molar refractivity (Wildman–Crippen MR) is 123 cm³/mol. The summed E-state index contributed by atoms with van der Waals surface area (Å²) in [6.07, 6.45) is 8.52. The van der Waals surface area contributed by atoms with Gasteiger partial charge < -0.3 is 9.47 Å². The number of aryl methyl sites for hydroxylation is 1. The number of hydrogen-bond donors (Lipinski definition) is 0. The van der Waals surface area contributed by atoms with Crippen LogP contribution in [0.25, 0.3) is 17.3 Å². The minimum absolute atomic E-state index is 0.118. The lowest BCUT2D eigenvalue weighted by Gasteiger charge is -2.09. The molecule has 32 heavy (non-hydrogen) atoms. The van der Waals surface area contributed by atoms with Crippen molar-refractivity contribution in [3.63, 3.8) is 0 Å². The van der Waals surface area contributed by atoms with E-state index in [0.29, 0.717) is 23.6 Å². The van der Waals surface area contributed by atoms with Crippen molar-refractivity contribution in [3.8, 4) is 22.8 Å². The van der Waals surface area contributed by atoms with Crippen molar-refractivity contribution in [2.24, 2.45) is 7.05 Å². The summed E-state index contributed by atoms with van der Waals surface area (Å²) in [6, 6.07) is 15.8. The first kappa shape index (κ1) is 21.1. The smallest absolute Gasteiger partial charge is 0.189 e. The van der Waals surface area contributed by atoms with Gasteiger partial charge >= 0.3 is 0 Å². The van der Waals surface area contributed by atoms with Crippen LogP contribution < -0.4 is 9.47 Å². The van der Waals surface area contributed by atoms with Crippen LogP contribution in [0.5, 0.6) is 11.5 Å². The van der Waals surface area contributed by atoms with E-state index in [-0.39, 0.29) is 5.78 Å². The van der Waals surface area contributed by atoms with Crippen LogP contribution in [0, 0.1) is 0 Å². The van der Waals surface area contributed by atoms with E-state index in [9.17, 15) is 4.79 Å². The highest BCUT2D eigenvalue weighted by Crippen LogP contribution is 2.33. The maximum absolute atomic E-state index is 12.6. The molecule has 2 aromatic carbocycles. The third-order valence-electron chi connectivity index (χ3n) is 5.04. The zero-order valence-electron chi connectivity index (χ0n) is 18.2. The van der Waals surface area contributed by atoms with Crippen LogP contribution in [0.3, 0.4) is 0 Å². The van der Waals surface area contributed by atoms with E-state index in [2.05, 4.69) is 17.2 Å². The summed E-state index contributed by atoms with van der Waals surface area (Å²) in [5.74, 6) is 1.14. The van der Waals surface area contributed by atoms with Crippen molar-refractivity contribution < 1.29 is 14.3 Å². The molecule has 0 amide bonds. The molecule has 0 fully saturated rings. The monoisotopic (exact) mass is 428 g/mol. The molecule has 0 atom stereocenters. The molecule has 4 rings (SSSR count). The normalized spacial score (nSPS) is 11.1. The van der Waals surface area contributed by atoms with Gasteiger partial charge in [0.05, 0.1) is 38.2 Å². The molecule has 0 radical (unpaired) electrons. The van der Waals surface area contributed by atoms with E-state index in [0.717, 1.165) is 22.4 Å². The van der Waals surface area contributed by atoms with Crippen molar-refractivity contribution in [3.05, 3.63) is 89.9 Å². The van der Waals surface area contributed by atoms with Crippen molar-refractivity contribution in [2.75, 3.05) is 14.2 Å². The van der Waals surface area contributed by atoms with Crippen LogP contribution in [0.15, 0.2) is 73.2 Å². The fourth-order valence-corrected chi connectivity index (χ4v) is 3.43. The highest BCUT2D eigenvalue weighted by molar-refractivity contribution is 6.06. The Morgan fingerprint density at radius 1 is 1.03 bits per heavy atom. The molecule has 0 unspecified atom stereocenters. The summed E-state index contributed by atoms with van der Waals surface area (Å²) < 4.78 is 14.3. The second-order valence-corrected chi connectivity index (χ2v) is 7.29. The van der Waals surface area contributed by atoms with Gasteiger partial charge in [0.1, 0.15) is 0 Å². The van der Waals surface area contributed by atoms with Gasteiger partial charge in [0.25, 0.3) is 0 Å². The van der Waals surface area contributed by atoms with Crippen molar-refractivity contribution in [1.82, 2.24) is 19.6 Å². The molecule has 7 nitrogen and oxygen atoms in total. The number of carbonyl (C=O) groups is 1. The zero-order valence-corrected chi connectivity index (χ0v) is 18.2. The van der Waals surface area contributed by atoms with Crippen LogP contribution >= 0.6 is 0 Å². The third kappa shape index (κ3) is 4.62. The number of carbonyl (C=O) groups excluding carboxylic acids is 1. The lowest BCUT2D eigenvalue weighted by Crippen LogP contribution is -2.00. The third-order valence-corrected chi connectivity index (χ3v) is 5.04. The fraction of sp³-hybridized carbons (Fsp3) is 0.160. The number of rotatable bonds is 8. The van der Waals surface area contributed by atoms with Gasteiger partial charge in [0.15, 0.2) is 17.3 Å². The van der Waals surface area contributed by atoms with Gasteiger partial charge in [0.2, 0.25) is 0 Å². The van der Waals surface area contributed by atoms with E-state index >= 15 is 0 Å². The molecule has 0 aliphatic carbocycles. The highest BCUT2D eigenvalue weighted by Gasteiger charge is 2.14. The average Bonchev–Trinajstić information content (AvgIpc) is 3.43. The van der Waals surface area contributed by atoms with Crippen molar-refractivity contribution >= 4 is 11.9 Å². The molecule has 0 aliphatic heterocycles. The summed E-state index contributed by atoms with van der Waals surface area (Å²) in [5, 5.41) is 8.87. The molecule has 7 heteroatoms. The number of hydrogen-bond acceptors (Lipinski definition) is 5. The Labute approximate surface area is 186 Å². The molecule has 0 N–H and O–H groups in total. The Morgan fingerprint density at radius 3 is 2.50 bits per heavy atom. The molecule has 2 heterocycles. The van der Waals surface area contributed by atoms with Crippen LogP contribution in [0.4, 0.5) is 0 Å². The van der Waals surface area contributed by atoms with Crippen LogP contribution in [-0.4, -0.2) is 39.6 Å². The second kappa shape index (κ2) is 9.34. The van der Waals surface area contributed by atoms with Gasteiger partial charge in [0, 0.05) is 30.6 Å². The fourth-order valence-electron chi connectivity index (χ4n) is 3.43. The van der Waals surface area contributed by atoms with Gasteiger partial charge in [-0.25, -0.2) is 0 Å². The number of aromatic nitrogens is 4. The van der Waals surface area contributed by atoms with Crippen LogP contribution in [0.1, 0.15) is 21.5 Å².